The quantitative estimate of drug-likeness (QED) is 0.726. The van der Waals surface area contributed by atoms with Gasteiger partial charge in [-0.1, -0.05) is 6.92 Å². The molecular formula is C11H13N3. The summed E-state index contributed by atoms with van der Waals surface area (Å²) in [5.41, 5.74) is 9.86. The molecule has 0 fully saturated rings. The van der Waals surface area contributed by atoms with Gasteiger partial charge in [-0.25, -0.2) is 4.98 Å². The first-order valence-corrected chi connectivity index (χ1v) is 4.98. The Kier molecular flexibility index (Phi) is 2.12. The first-order valence-electron chi connectivity index (χ1n) is 4.98. The molecule has 0 amide bonds. The number of hydrogen-bond donors (Lipinski definition) is 1. The maximum atomic E-state index is 8.98. The second-order valence-electron chi connectivity index (χ2n) is 3.59. The van der Waals surface area contributed by atoms with Crippen LogP contribution in [0.15, 0.2) is 0 Å². The van der Waals surface area contributed by atoms with Gasteiger partial charge in [0.15, 0.2) is 0 Å². The van der Waals surface area contributed by atoms with Gasteiger partial charge in [0, 0.05) is 5.69 Å². The number of rotatable bonds is 1. The number of nitrogens with zero attached hydrogens (tertiary/aromatic N) is 2. The van der Waals surface area contributed by atoms with Gasteiger partial charge >= 0.3 is 0 Å². The monoisotopic (exact) mass is 187 g/mol. The molecule has 0 aromatic carbocycles. The van der Waals surface area contributed by atoms with Crippen molar-refractivity contribution >= 4 is 5.82 Å². The third kappa shape index (κ3) is 1.15. The zero-order chi connectivity index (χ0) is 10.1. The van der Waals surface area contributed by atoms with E-state index < -0.39 is 0 Å². The zero-order valence-corrected chi connectivity index (χ0v) is 8.30. The molecule has 14 heavy (non-hydrogen) atoms. The minimum absolute atomic E-state index is 0.407. The van der Waals surface area contributed by atoms with Crippen LogP contribution in [0.4, 0.5) is 5.82 Å². The average Bonchev–Trinajstić information content (AvgIpc) is 2.65. The highest BCUT2D eigenvalue weighted by atomic mass is 14.9. The smallest absolute Gasteiger partial charge is 0.141 e. The van der Waals surface area contributed by atoms with E-state index in [1.54, 1.807) is 0 Å². The Hall–Kier alpha value is -1.56. The molecule has 3 heteroatoms. The van der Waals surface area contributed by atoms with Crippen molar-refractivity contribution in [1.29, 1.82) is 5.26 Å². The summed E-state index contributed by atoms with van der Waals surface area (Å²) in [7, 11) is 0. The van der Waals surface area contributed by atoms with Gasteiger partial charge < -0.3 is 5.73 Å². The van der Waals surface area contributed by atoms with Crippen LogP contribution in [0.25, 0.3) is 0 Å². The summed E-state index contributed by atoms with van der Waals surface area (Å²) in [5, 5.41) is 8.98. The predicted molar refractivity (Wildman–Crippen MR) is 54.8 cm³/mol. The van der Waals surface area contributed by atoms with Gasteiger partial charge in [-0.3, -0.25) is 0 Å². The molecule has 3 nitrogen and oxygen atoms in total. The summed E-state index contributed by atoms with van der Waals surface area (Å²) in [6, 6.07) is 2.16. The van der Waals surface area contributed by atoms with Crippen molar-refractivity contribution in [1.82, 2.24) is 4.98 Å². The van der Waals surface area contributed by atoms with Crippen molar-refractivity contribution in [3.63, 3.8) is 0 Å². The van der Waals surface area contributed by atoms with Crippen LogP contribution in [-0.4, -0.2) is 4.98 Å². The Balaban J connectivity index is 2.69. The van der Waals surface area contributed by atoms with E-state index in [9.17, 15) is 0 Å². The molecule has 1 heterocycles. The van der Waals surface area contributed by atoms with Crippen molar-refractivity contribution < 1.29 is 0 Å². The van der Waals surface area contributed by atoms with E-state index in [1.165, 1.54) is 5.56 Å². The van der Waals surface area contributed by atoms with Crippen LogP contribution in [0.3, 0.4) is 0 Å². The van der Waals surface area contributed by atoms with E-state index in [4.69, 9.17) is 11.0 Å². The van der Waals surface area contributed by atoms with Crippen molar-refractivity contribution in [3.8, 4) is 6.07 Å². The standard InChI is InChI=1S/C11H13N3/c1-2-10-8-5-3-4-7(8)9(6-12)11(13)14-10/h2-5H2,1H3,(H2,13,14). The maximum absolute atomic E-state index is 8.98. The van der Waals surface area contributed by atoms with E-state index in [2.05, 4.69) is 18.0 Å². The largest absolute Gasteiger partial charge is 0.383 e. The third-order valence-corrected chi connectivity index (χ3v) is 2.83. The van der Waals surface area contributed by atoms with Crippen molar-refractivity contribution in [2.45, 2.75) is 32.6 Å². The summed E-state index contributed by atoms with van der Waals surface area (Å²) in [6.45, 7) is 2.08. The molecular weight excluding hydrogens is 174 g/mol. The summed E-state index contributed by atoms with van der Waals surface area (Å²) in [5.74, 6) is 0.407. The molecule has 1 aliphatic carbocycles. The lowest BCUT2D eigenvalue weighted by molar-refractivity contribution is 0.898. The highest BCUT2D eigenvalue weighted by molar-refractivity contribution is 5.58. The molecule has 0 unspecified atom stereocenters. The molecule has 0 saturated heterocycles. The van der Waals surface area contributed by atoms with Crippen LogP contribution in [0.5, 0.6) is 0 Å². The SMILES string of the molecule is CCc1nc(N)c(C#N)c2c1CCC2. The molecule has 1 aliphatic rings. The van der Waals surface area contributed by atoms with E-state index >= 15 is 0 Å². The summed E-state index contributed by atoms with van der Waals surface area (Å²) < 4.78 is 0. The highest BCUT2D eigenvalue weighted by Gasteiger charge is 2.21. The van der Waals surface area contributed by atoms with Crippen LogP contribution in [-0.2, 0) is 19.3 Å². The second-order valence-corrected chi connectivity index (χ2v) is 3.59. The Morgan fingerprint density at radius 3 is 2.79 bits per heavy atom. The highest BCUT2D eigenvalue weighted by Crippen LogP contribution is 2.30. The molecule has 2 rings (SSSR count). The average molecular weight is 187 g/mol. The van der Waals surface area contributed by atoms with Crippen molar-refractivity contribution in [2.75, 3.05) is 5.73 Å². The predicted octanol–water partition coefficient (Wildman–Crippen LogP) is 1.59. The number of aryl methyl sites for hydroxylation is 1. The van der Waals surface area contributed by atoms with Crippen LogP contribution < -0.4 is 5.73 Å². The van der Waals surface area contributed by atoms with Gasteiger partial charge in [-0.05, 0) is 36.8 Å². The van der Waals surface area contributed by atoms with E-state index in [1.807, 2.05) is 0 Å². The number of nitrogens with two attached hydrogens (primary N) is 1. The Morgan fingerprint density at radius 1 is 1.43 bits per heavy atom. The van der Waals surface area contributed by atoms with E-state index in [0.717, 1.165) is 36.9 Å². The Labute approximate surface area is 83.6 Å². The fourth-order valence-corrected chi connectivity index (χ4v) is 2.18. The molecule has 2 N–H and O–H groups in total. The summed E-state index contributed by atoms with van der Waals surface area (Å²) in [4.78, 5) is 4.29. The number of anilines is 1. The molecule has 0 aliphatic heterocycles. The number of pyridine rings is 1. The lowest BCUT2D eigenvalue weighted by Crippen LogP contribution is -2.05. The van der Waals surface area contributed by atoms with E-state index in [0.29, 0.717) is 11.4 Å². The van der Waals surface area contributed by atoms with E-state index in [-0.39, 0.29) is 0 Å². The number of hydrogen-bond acceptors (Lipinski definition) is 3. The van der Waals surface area contributed by atoms with Gasteiger partial charge in [0.1, 0.15) is 11.9 Å². The second kappa shape index (κ2) is 3.30. The molecule has 0 saturated carbocycles. The number of fused-ring (bicyclic) bond motifs is 1. The zero-order valence-electron chi connectivity index (χ0n) is 8.30. The number of nitriles is 1. The van der Waals surface area contributed by atoms with Crippen LogP contribution >= 0.6 is 0 Å². The Morgan fingerprint density at radius 2 is 2.14 bits per heavy atom. The fourth-order valence-electron chi connectivity index (χ4n) is 2.18. The van der Waals surface area contributed by atoms with Gasteiger partial charge in [-0.2, -0.15) is 5.26 Å². The minimum atomic E-state index is 0.407. The van der Waals surface area contributed by atoms with Crippen LogP contribution in [0, 0.1) is 11.3 Å². The maximum Gasteiger partial charge on any atom is 0.141 e. The van der Waals surface area contributed by atoms with Crippen molar-refractivity contribution in [2.24, 2.45) is 0 Å². The molecule has 1 aromatic rings. The molecule has 1 aromatic heterocycles. The molecule has 0 radical (unpaired) electrons. The third-order valence-electron chi connectivity index (χ3n) is 2.83. The first-order chi connectivity index (χ1) is 6.77. The topological polar surface area (TPSA) is 62.7 Å². The molecule has 0 atom stereocenters. The lowest BCUT2D eigenvalue weighted by atomic mass is 10.0. The summed E-state index contributed by atoms with van der Waals surface area (Å²) in [6.07, 6.45) is 4.07. The molecule has 72 valence electrons. The number of nitrogen functional groups attached to an aromatic ring is 1. The summed E-state index contributed by atoms with van der Waals surface area (Å²) >= 11 is 0. The molecule has 0 spiro atoms. The Bertz CT molecular complexity index is 416. The van der Waals surface area contributed by atoms with Gasteiger partial charge in [0.25, 0.3) is 0 Å². The lowest BCUT2D eigenvalue weighted by Gasteiger charge is -2.09. The van der Waals surface area contributed by atoms with Gasteiger partial charge in [-0.15, -0.1) is 0 Å². The first kappa shape index (κ1) is 9.01. The van der Waals surface area contributed by atoms with Crippen LogP contribution in [0.1, 0.15) is 35.7 Å². The fraction of sp³-hybridized carbons (Fsp3) is 0.455. The normalized spacial score (nSPS) is 13.7. The van der Waals surface area contributed by atoms with Crippen LogP contribution in [0.2, 0.25) is 0 Å². The minimum Gasteiger partial charge on any atom is -0.383 e. The number of aromatic nitrogens is 1. The molecule has 0 bridgehead atoms. The van der Waals surface area contributed by atoms with Gasteiger partial charge in [0.05, 0.1) is 5.56 Å². The van der Waals surface area contributed by atoms with Crippen molar-refractivity contribution in [3.05, 3.63) is 22.4 Å². The van der Waals surface area contributed by atoms with Gasteiger partial charge in [0.2, 0.25) is 0 Å².